The first kappa shape index (κ1) is 14.1. The van der Waals surface area contributed by atoms with Crippen molar-refractivity contribution in [1.29, 1.82) is 0 Å². The van der Waals surface area contributed by atoms with Gasteiger partial charge in [-0.05, 0) is 23.1 Å². The summed E-state index contributed by atoms with van der Waals surface area (Å²) in [5.41, 5.74) is 2.53. The van der Waals surface area contributed by atoms with Gasteiger partial charge in [-0.15, -0.1) is 11.8 Å². The first-order valence-corrected chi connectivity index (χ1v) is 7.37. The molecule has 0 spiro atoms. The molecule has 2 rings (SSSR count). The molecule has 0 aliphatic rings. The lowest BCUT2D eigenvalue weighted by atomic mass is 9.93. The van der Waals surface area contributed by atoms with E-state index < -0.39 is 0 Å². The van der Waals surface area contributed by atoms with Crippen LogP contribution in [0.15, 0.2) is 47.9 Å². The van der Waals surface area contributed by atoms with E-state index in [1.165, 1.54) is 4.90 Å². The van der Waals surface area contributed by atoms with E-state index in [1.807, 2.05) is 24.2 Å². The van der Waals surface area contributed by atoms with Gasteiger partial charge in [-0.25, -0.2) is 9.97 Å². The highest BCUT2D eigenvalue weighted by atomic mass is 32.2. The third-order valence-electron chi connectivity index (χ3n) is 3.28. The van der Waals surface area contributed by atoms with E-state index in [-0.39, 0.29) is 0 Å². The van der Waals surface area contributed by atoms with Gasteiger partial charge in [-0.1, -0.05) is 39.8 Å². The van der Waals surface area contributed by atoms with Crippen molar-refractivity contribution in [3.05, 3.63) is 43.0 Å². The van der Waals surface area contributed by atoms with Crippen LogP contribution in [-0.4, -0.2) is 15.2 Å². The Balaban J connectivity index is 2.11. The molecule has 1 heterocycles. The highest BCUT2D eigenvalue weighted by Crippen LogP contribution is 2.35. The standard InChI is InChI=1S/C16H20N2S/c1-12(16(2,3)4)19-15-7-5-13(6-8-15)14-9-17-11-18-10-14/h5-12H,1-4H3. The first-order chi connectivity index (χ1) is 8.97. The van der Waals surface area contributed by atoms with Crippen LogP contribution in [0.4, 0.5) is 0 Å². The second kappa shape index (κ2) is 5.74. The van der Waals surface area contributed by atoms with Crippen LogP contribution in [0.5, 0.6) is 0 Å². The van der Waals surface area contributed by atoms with E-state index >= 15 is 0 Å². The Morgan fingerprint density at radius 1 is 0.947 bits per heavy atom. The molecule has 1 atom stereocenters. The molecule has 0 radical (unpaired) electrons. The van der Waals surface area contributed by atoms with Crippen molar-refractivity contribution in [2.24, 2.45) is 5.41 Å². The molecule has 0 saturated carbocycles. The van der Waals surface area contributed by atoms with Gasteiger partial charge in [0.25, 0.3) is 0 Å². The van der Waals surface area contributed by atoms with E-state index in [2.05, 4.69) is 61.9 Å². The average molecular weight is 272 g/mol. The predicted octanol–water partition coefficient (Wildman–Crippen LogP) is 4.67. The van der Waals surface area contributed by atoms with Crippen LogP contribution in [-0.2, 0) is 0 Å². The molecule has 19 heavy (non-hydrogen) atoms. The lowest BCUT2D eigenvalue weighted by Crippen LogP contribution is -2.19. The van der Waals surface area contributed by atoms with Gasteiger partial charge in [0.2, 0.25) is 0 Å². The van der Waals surface area contributed by atoms with Crippen molar-refractivity contribution < 1.29 is 0 Å². The molecule has 0 saturated heterocycles. The summed E-state index contributed by atoms with van der Waals surface area (Å²) in [4.78, 5) is 9.40. The monoisotopic (exact) mass is 272 g/mol. The van der Waals surface area contributed by atoms with Gasteiger partial charge >= 0.3 is 0 Å². The summed E-state index contributed by atoms with van der Waals surface area (Å²) >= 11 is 1.92. The van der Waals surface area contributed by atoms with Gasteiger partial charge in [0.15, 0.2) is 0 Å². The third kappa shape index (κ3) is 3.80. The molecular weight excluding hydrogens is 252 g/mol. The highest BCUT2D eigenvalue weighted by Gasteiger charge is 2.20. The van der Waals surface area contributed by atoms with Crippen LogP contribution >= 0.6 is 11.8 Å². The summed E-state index contributed by atoms with van der Waals surface area (Å²) in [5, 5.41) is 0.582. The maximum Gasteiger partial charge on any atom is 0.115 e. The Morgan fingerprint density at radius 3 is 2.05 bits per heavy atom. The largest absolute Gasteiger partial charge is 0.244 e. The minimum atomic E-state index is 0.316. The summed E-state index contributed by atoms with van der Waals surface area (Å²) in [5.74, 6) is 0. The number of hydrogen-bond donors (Lipinski definition) is 0. The lowest BCUT2D eigenvalue weighted by Gasteiger charge is -2.26. The van der Waals surface area contributed by atoms with Crippen LogP contribution in [0.25, 0.3) is 11.1 Å². The third-order valence-corrected chi connectivity index (χ3v) is 4.89. The molecule has 1 unspecified atom stereocenters. The molecular formula is C16H20N2S. The maximum absolute atomic E-state index is 4.05. The number of benzene rings is 1. The Bertz CT molecular complexity index is 515. The molecule has 0 bridgehead atoms. The van der Waals surface area contributed by atoms with Crippen molar-refractivity contribution in [3.63, 3.8) is 0 Å². The minimum absolute atomic E-state index is 0.316. The molecule has 0 N–H and O–H groups in total. The summed E-state index contributed by atoms with van der Waals surface area (Å²) in [7, 11) is 0. The summed E-state index contributed by atoms with van der Waals surface area (Å²) in [6.45, 7) is 9.12. The van der Waals surface area contributed by atoms with Gasteiger partial charge in [0.1, 0.15) is 6.33 Å². The maximum atomic E-state index is 4.05. The van der Waals surface area contributed by atoms with E-state index in [0.29, 0.717) is 10.7 Å². The number of nitrogens with zero attached hydrogens (tertiary/aromatic N) is 2. The topological polar surface area (TPSA) is 25.8 Å². The summed E-state index contributed by atoms with van der Waals surface area (Å²) < 4.78 is 0. The molecule has 1 aromatic heterocycles. The summed E-state index contributed by atoms with van der Waals surface area (Å²) in [6.07, 6.45) is 5.23. The zero-order valence-corrected chi connectivity index (χ0v) is 12.7. The Kier molecular flexibility index (Phi) is 4.25. The zero-order valence-electron chi connectivity index (χ0n) is 11.9. The van der Waals surface area contributed by atoms with Crippen LogP contribution < -0.4 is 0 Å². The van der Waals surface area contributed by atoms with Crippen molar-refractivity contribution in [2.45, 2.75) is 37.8 Å². The Morgan fingerprint density at radius 2 is 1.53 bits per heavy atom. The van der Waals surface area contributed by atoms with Gasteiger partial charge in [-0.3, -0.25) is 0 Å². The van der Waals surface area contributed by atoms with E-state index in [4.69, 9.17) is 0 Å². The molecule has 0 aliphatic carbocycles. The Labute approximate surface area is 119 Å². The number of aromatic nitrogens is 2. The summed E-state index contributed by atoms with van der Waals surface area (Å²) in [6, 6.07) is 8.62. The van der Waals surface area contributed by atoms with Crippen LogP contribution in [0.1, 0.15) is 27.7 Å². The number of hydrogen-bond acceptors (Lipinski definition) is 3. The van der Waals surface area contributed by atoms with E-state index in [1.54, 1.807) is 6.33 Å². The molecule has 0 aliphatic heterocycles. The quantitative estimate of drug-likeness (QED) is 0.759. The molecule has 100 valence electrons. The smallest absolute Gasteiger partial charge is 0.115 e. The fourth-order valence-corrected chi connectivity index (χ4v) is 2.61. The van der Waals surface area contributed by atoms with Gasteiger partial charge in [-0.2, -0.15) is 0 Å². The van der Waals surface area contributed by atoms with Gasteiger partial charge in [0.05, 0.1) is 0 Å². The van der Waals surface area contributed by atoms with E-state index in [9.17, 15) is 0 Å². The zero-order chi connectivity index (χ0) is 13.9. The number of thioether (sulfide) groups is 1. The first-order valence-electron chi connectivity index (χ1n) is 6.49. The highest BCUT2D eigenvalue weighted by molar-refractivity contribution is 8.00. The molecule has 2 aromatic rings. The fourth-order valence-electron chi connectivity index (χ4n) is 1.56. The van der Waals surface area contributed by atoms with Crippen LogP contribution in [0.2, 0.25) is 0 Å². The normalized spacial score (nSPS) is 13.3. The van der Waals surface area contributed by atoms with Crippen molar-refractivity contribution in [3.8, 4) is 11.1 Å². The van der Waals surface area contributed by atoms with Crippen LogP contribution in [0.3, 0.4) is 0 Å². The van der Waals surface area contributed by atoms with E-state index in [0.717, 1.165) is 11.1 Å². The van der Waals surface area contributed by atoms with Gasteiger partial charge in [0, 0.05) is 28.1 Å². The van der Waals surface area contributed by atoms with Crippen molar-refractivity contribution in [2.75, 3.05) is 0 Å². The molecule has 0 amide bonds. The van der Waals surface area contributed by atoms with Crippen molar-refractivity contribution >= 4 is 11.8 Å². The predicted molar refractivity (Wildman–Crippen MR) is 82.2 cm³/mol. The minimum Gasteiger partial charge on any atom is -0.244 e. The Hall–Kier alpha value is -1.35. The van der Waals surface area contributed by atoms with Crippen molar-refractivity contribution in [1.82, 2.24) is 9.97 Å². The fraction of sp³-hybridized carbons (Fsp3) is 0.375. The second-order valence-corrected chi connectivity index (χ2v) is 7.19. The van der Waals surface area contributed by atoms with Crippen LogP contribution in [0, 0.1) is 5.41 Å². The molecule has 0 fully saturated rings. The number of rotatable bonds is 3. The molecule has 3 heteroatoms. The lowest BCUT2D eigenvalue weighted by molar-refractivity contribution is 0.411. The average Bonchev–Trinajstić information content (AvgIpc) is 2.39. The molecule has 2 nitrogen and oxygen atoms in total. The second-order valence-electron chi connectivity index (χ2n) is 5.78. The van der Waals surface area contributed by atoms with Gasteiger partial charge < -0.3 is 0 Å². The molecule has 1 aromatic carbocycles. The SMILES string of the molecule is CC(Sc1ccc(-c2cncnc2)cc1)C(C)(C)C.